The smallest absolute Gasteiger partial charge is 0.180 e. The Labute approximate surface area is 120 Å². The number of benzene rings is 1. The van der Waals surface area contributed by atoms with Gasteiger partial charge in [0.25, 0.3) is 0 Å². The van der Waals surface area contributed by atoms with E-state index in [1.54, 1.807) is 7.11 Å². The quantitative estimate of drug-likeness (QED) is 0.632. The van der Waals surface area contributed by atoms with Gasteiger partial charge in [-0.25, -0.2) is 4.39 Å². The van der Waals surface area contributed by atoms with Crippen molar-refractivity contribution in [2.45, 2.75) is 57.8 Å². The molecule has 3 heteroatoms. The molecule has 1 aromatic carbocycles. The standard InChI is InChI=1S/C17H24FNO/c1-12-9-14(10-13(2)16(12)18)17(11-15(19)20-3)7-5-4-6-8-17/h9-10,19H,4-8,11H2,1-3H3. The number of halogens is 1. The number of hydrogen-bond acceptors (Lipinski definition) is 2. The Morgan fingerprint density at radius 3 is 2.25 bits per heavy atom. The van der Waals surface area contributed by atoms with E-state index in [1.165, 1.54) is 24.8 Å². The summed E-state index contributed by atoms with van der Waals surface area (Å²) in [6.07, 6.45) is 6.33. The lowest BCUT2D eigenvalue weighted by atomic mass is 9.67. The molecule has 1 fully saturated rings. The zero-order valence-electron chi connectivity index (χ0n) is 12.7. The lowest BCUT2D eigenvalue weighted by Gasteiger charge is -2.38. The van der Waals surface area contributed by atoms with Gasteiger partial charge in [-0.15, -0.1) is 0 Å². The van der Waals surface area contributed by atoms with Crippen LogP contribution >= 0.6 is 0 Å². The summed E-state index contributed by atoms with van der Waals surface area (Å²) in [6.45, 7) is 3.65. The molecule has 110 valence electrons. The molecule has 0 heterocycles. The van der Waals surface area contributed by atoms with Gasteiger partial charge in [-0.05, 0) is 43.4 Å². The lowest BCUT2D eigenvalue weighted by molar-refractivity contribution is 0.276. The van der Waals surface area contributed by atoms with Gasteiger partial charge >= 0.3 is 0 Å². The molecule has 0 aromatic heterocycles. The second-order valence-electron chi connectivity index (χ2n) is 6.07. The van der Waals surface area contributed by atoms with Gasteiger partial charge in [0.15, 0.2) is 5.90 Å². The SMILES string of the molecule is COC(=N)CC1(c2cc(C)c(F)c(C)c2)CCCCC1. The van der Waals surface area contributed by atoms with E-state index in [2.05, 4.69) is 0 Å². The molecule has 1 N–H and O–H groups in total. The molecular weight excluding hydrogens is 253 g/mol. The lowest BCUT2D eigenvalue weighted by Crippen LogP contribution is -2.32. The van der Waals surface area contributed by atoms with Gasteiger partial charge in [-0.1, -0.05) is 31.4 Å². The van der Waals surface area contributed by atoms with Crippen molar-refractivity contribution in [2.24, 2.45) is 0 Å². The van der Waals surface area contributed by atoms with Crippen LogP contribution in [0.4, 0.5) is 4.39 Å². The molecule has 1 aromatic rings. The molecule has 1 saturated carbocycles. The average Bonchev–Trinajstić information content (AvgIpc) is 2.45. The minimum Gasteiger partial charge on any atom is -0.484 e. The predicted molar refractivity (Wildman–Crippen MR) is 80.0 cm³/mol. The summed E-state index contributed by atoms with van der Waals surface area (Å²) in [5.74, 6) is 0.216. The van der Waals surface area contributed by atoms with Crippen LogP contribution in [0.25, 0.3) is 0 Å². The highest BCUT2D eigenvalue weighted by molar-refractivity contribution is 5.74. The predicted octanol–water partition coefficient (Wildman–Crippen LogP) is 4.66. The van der Waals surface area contributed by atoms with Crippen LogP contribution in [0, 0.1) is 25.1 Å². The van der Waals surface area contributed by atoms with Gasteiger partial charge in [-0.2, -0.15) is 0 Å². The highest BCUT2D eigenvalue weighted by Gasteiger charge is 2.36. The van der Waals surface area contributed by atoms with Crippen molar-refractivity contribution in [3.8, 4) is 0 Å². The van der Waals surface area contributed by atoms with E-state index in [0.717, 1.165) is 12.8 Å². The Kier molecular flexibility index (Phi) is 4.46. The second-order valence-corrected chi connectivity index (χ2v) is 6.07. The first-order chi connectivity index (χ1) is 9.48. The summed E-state index contributed by atoms with van der Waals surface area (Å²) in [7, 11) is 1.56. The first-order valence-electron chi connectivity index (χ1n) is 7.37. The maximum absolute atomic E-state index is 13.9. The van der Waals surface area contributed by atoms with Crippen molar-refractivity contribution in [1.29, 1.82) is 5.41 Å². The summed E-state index contributed by atoms with van der Waals surface area (Å²) in [5.41, 5.74) is 2.53. The van der Waals surface area contributed by atoms with Crippen molar-refractivity contribution >= 4 is 5.90 Å². The summed E-state index contributed by atoms with van der Waals surface area (Å²) in [6, 6.07) is 3.94. The molecule has 0 amide bonds. The third kappa shape index (κ3) is 2.87. The monoisotopic (exact) mass is 277 g/mol. The molecule has 2 nitrogen and oxygen atoms in total. The number of methoxy groups -OCH3 is 1. The number of rotatable bonds is 3. The summed E-state index contributed by atoms with van der Waals surface area (Å²) >= 11 is 0. The molecule has 1 aliphatic rings. The minimum absolute atomic E-state index is 0.0471. The van der Waals surface area contributed by atoms with Crippen molar-refractivity contribution < 1.29 is 9.13 Å². The molecule has 20 heavy (non-hydrogen) atoms. The Hall–Kier alpha value is -1.38. The fraction of sp³-hybridized carbons (Fsp3) is 0.588. The van der Waals surface area contributed by atoms with Gasteiger partial charge in [0.05, 0.1) is 7.11 Å². The first kappa shape index (κ1) is 15.0. The fourth-order valence-electron chi connectivity index (χ4n) is 3.43. The third-order valence-corrected chi connectivity index (χ3v) is 4.60. The van der Waals surface area contributed by atoms with Gasteiger partial charge in [0, 0.05) is 11.8 Å². The molecule has 0 saturated heterocycles. The third-order valence-electron chi connectivity index (χ3n) is 4.60. The van der Waals surface area contributed by atoms with Crippen LogP contribution in [0.1, 0.15) is 55.2 Å². The van der Waals surface area contributed by atoms with Crippen molar-refractivity contribution in [3.63, 3.8) is 0 Å². The first-order valence-corrected chi connectivity index (χ1v) is 7.37. The van der Waals surface area contributed by atoms with Crippen molar-refractivity contribution in [3.05, 3.63) is 34.6 Å². The molecule has 0 spiro atoms. The van der Waals surface area contributed by atoms with Crippen LogP contribution in [-0.2, 0) is 10.2 Å². The molecule has 0 unspecified atom stereocenters. The molecule has 2 rings (SSSR count). The van der Waals surface area contributed by atoms with E-state index in [4.69, 9.17) is 10.1 Å². The highest BCUT2D eigenvalue weighted by Crippen LogP contribution is 2.43. The molecule has 0 atom stereocenters. The van der Waals surface area contributed by atoms with Crippen LogP contribution in [0.2, 0.25) is 0 Å². The summed E-state index contributed by atoms with van der Waals surface area (Å²) < 4.78 is 19.0. The minimum atomic E-state index is -0.110. The van der Waals surface area contributed by atoms with Gasteiger partial charge < -0.3 is 4.74 Å². The Morgan fingerprint density at radius 2 is 1.75 bits per heavy atom. The van der Waals surface area contributed by atoms with Crippen LogP contribution < -0.4 is 0 Å². The maximum Gasteiger partial charge on any atom is 0.180 e. The number of nitrogens with one attached hydrogen (secondary N) is 1. The number of aryl methyl sites for hydroxylation is 2. The van der Waals surface area contributed by atoms with E-state index in [-0.39, 0.29) is 11.2 Å². The fourth-order valence-corrected chi connectivity index (χ4v) is 3.43. The maximum atomic E-state index is 13.9. The van der Waals surface area contributed by atoms with E-state index < -0.39 is 0 Å². The van der Waals surface area contributed by atoms with Crippen LogP contribution in [0.3, 0.4) is 0 Å². The summed E-state index contributed by atoms with van der Waals surface area (Å²) in [5, 5.41) is 7.90. The average molecular weight is 277 g/mol. The highest BCUT2D eigenvalue weighted by atomic mass is 19.1. The van der Waals surface area contributed by atoms with E-state index in [9.17, 15) is 4.39 Å². The molecular formula is C17H24FNO. The zero-order chi connectivity index (χ0) is 14.8. The molecule has 0 radical (unpaired) electrons. The van der Waals surface area contributed by atoms with Crippen LogP contribution in [0.15, 0.2) is 12.1 Å². The van der Waals surface area contributed by atoms with E-state index in [1.807, 2.05) is 26.0 Å². The van der Waals surface area contributed by atoms with E-state index in [0.29, 0.717) is 23.4 Å². The van der Waals surface area contributed by atoms with Crippen molar-refractivity contribution in [1.82, 2.24) is 0 Å². The zero-order valence-corrected chi connectivity index (χ0v) is 12.7. The number of hydrogen-bond donors (Lipinski definition) is 1. The summed E-state index contributed by atoms with van der Waals surface area (Å²) in [4.78, 5) is 0. The Bertz CT molecular complexity index is 481. The van der Waals surface area contributed by atoms with Crippen molar-refractivity contribution in [2.75, 3.05) is 7.11 Å². The second kappa shape index (κ2) is 5.94. The van der Waals surface area contributed by atoms with Gasteiger partial charge in [0.1, 0.15) is 5.82 Å². The Balaban J connectivity index is 2.43. The van der Waals surface area contributed by atoms with Crippen LogP contribution in [-0.4, -0.2) is 13.0 Å². The normalized spacial score (nSPS) is 17.8. The number of ether oxygens (including phenoxy) is 1. The molecule has 0 bridgehead atoms. The topological polar surface area (TPSA) is 33.1 Å². The van der Waals surface area contributed by atoms with E-state index >= 15 is 0 Å². The largest absolute Gasteiger partial charge is 0.484 e. The van der Waals surface area contributed by atoms with Gasteiger partial charge in [-0.3, -0.25) is 5.41 Å². The molecule has 0 aliphatic heterocycles. The Morgan fingerprint density at radius 1 is 1.20 bits per heavy atom. The van der Waals surface area contributed by atoms with Crippen LogP contribution in [0.5, 0.6) is 0 Å². The molecule has 1 aliphatic carbocycles. The van der Waals surface area contributed by atoms with Gasteiger partial charge in [0.2, 0.25) is 0 Å².